The highest BCUT2D eigenvalue weighted by molar-refractivity contribution is 7.13. The van der Waals surface area contributed by atoms with E-state index in [4.69, 9.17) is 21.1 Å². The molecule has 5 rings (SSSR count). The van der Waals surface area contributed by atoms with Crippen molar-refractivity contribution in [3.8, 4) is 5.75 Å². The maximum atomic E-state index is 13.2. The largest absolute Gasteiger partial charge is 0.479 e. The number of carbonyl (C=O) groups excluding carboxylic acids is 2. The van der Waals surface area contributed by atoms with E-state index >= 15 is 0 Å². The van der Waals surface area contributed by atoms with Crippen LogP contribution in [0.2, 0.25) is 5.02 Å². The van der Waals surface area contributed by atoms with Gasteiger partial charge in [-0.2, -0.15) is 0 Å². The number of benzene rings is 1. The van der Waals surface area contributed by atoms with Crippen molar-refractivity contribution < 1.29 is 19.1 Å². The van der Waals surface area contributed by atoms with Gasteiger partial charge in [0.25, 0.3) is 5.91 Å². The van der Waals surface area contributed by atoms with Crippen molar-refractivity contribution in [2.24, 2.45) is 4.99 Å². The highest BCUT2D eigenvalue weighted by atomic mass is 35.5. The summed E-state index contributed by atoms with van der Waals surface area (Å²) in [5, 5.41) is 3.86. The fraction of sp³-hybridized carbons (Fsp3) is 0.444. The first kappa shape index (κ1) is 26.7. The maximum Gasteiger partial charge on any atom is 0.321 e. The number of ether oxygens (including phenoxy) is 2. The third kappa shape index (κ3) is 5.31. The number of likely N-dealkylation sites (N-methyl/N-ethyl adjacent to an activating group) is 1. The molecular formula is C27H32ClN5O4S. The number of allylic oxidation sites excluding steroid dienone is 1. The lowest BCUT2D eigenvalue weighted by molar-refractivity contribution is -0.138. The molecule has 202 valence electrons. The van der Waals surface area contributed by atoms with E-state index in [2.05, 4.69) is 17.0 Å². The van der Waals surface area contributed by atoms with Crippen molar-refractivity contribution in [2.75, 3.05) is 53.1 Å². The van der Waals surface area contributed by atoms with Crippen molar-refractivity contribution >= 4 is 52.9 Å². The number of thiophene rings is 1. The van der Waals surface area contributed by atoms with Crippen LogP contribution in [0.25, 0.3) is 5.57 Å². The molecule has 1 atom stereocenters. The lowest BCUT2D eigenvalue weighted by Gasteiger charge is -2.29. The molecule has 2 fully saturated rings. The Balaban J connectivity index is 1.43. The molecular weight excluding hydrogens is 526 g/mol. The summed E-state index contributed by atoms with van der Waals surface area (Å²) in [7, 11) is 1.78. The molecule has 9 nitrogen and oxygen atoms in total. The van der Waals surface area contributed by atoms with Crippen molar-refractivity contribution in [2.45, 2.75) is 26.0 Å². The van der Waals surface area contributed by atoms with Gasteiger partial charge >= 0.3 is 6.03 Å². The summed E-state index contributed by atoms with van der Waals surface area (Å²) >= 11 is 8.11. The SMILES string of the molecule is C=Nc1cc(CN2COCCN(C)C2=O)sc1/C(=C\C)c1cc(Cl)cc2c1O[C@@H](C(=O)N1CCNCC1)C2. The average Bonchev–Trinajstić information content (AvgIpc) is 3.50. The zero-order chi connectivity index (χ0) is 26.8. The summed E-state index contributed by atoms with van der Waals surface area (Å²) < 4.78 is 11.9. The van der Waals surface area contributed by atoms with Gasteiger partial charge in [-0.25, -0.2) is 4.79 Å². The zero-order valence-corrected chi connectivity index (χ0v) is 23.2. The Bertz CT molecular complexity index is 1270. The molecule has 4 heterocycles. The molecule has 1 aromatic carbocycles. The highest BCUT2D eigenvalue weighted by Crippen LogP contribution is 2.45. The predicted octanol–water partition coefficient (Wildman–Crippen LogP) is 3.76. The lowest BCUT2D eigenvalue weighted by atomic mass is 9.98. The van der Waals surface area contributed by atoms with Crippen LogP contribution in [-0.2, 0) is 22.5 Å². The van der Waals surface area contributed by atoms with Crippen LogP contribution in [0.3, 0.4) is 0 Å². The number of carbonyl (C=O) groups is 2. The molecule has 3 aliphatic heterocycles. The Morgan fingerprint density at radius 3 is 2.82 bits per heavy atom. The summed E-state index contributed by atoms with van der Waals surface area (Å²) in [5.41, 5.74) is 3.35. The molecule has 38 heavy (non-hydrogen) atoms. The minimum Gasteiger partial charge on any atom is -0.479 e. The van der Waals surface area contributed by atoms with Crippen LogP contribution in [0.4, 0.5) is 10.5 Å². The third-order valence-electron chi connectivity index (χ3n) is 7.02. The number of nitrogens with one attached hydrogen (secondary N) is 1. The number of aliphatic imine (C=N–C) groups is 1. The summed E-state index contributed by atoms with van der Waals surface area (Å²) in [4.78, 5) is 37.3. The number of hydrogen-bond acceptors (Lipinski definition) is 7. The molecule has 0 radical (unpaired) electrons. The first-order valence-electron chi connectivity index (χ1n) is 12.7. The fourth-order valence-electron chi connectivity index (χ4n) is 5.05. The van der Waals surface area contributed by atoms with Crippen molar-refractivity contribution in [1.82, 2.24) is 20.0 Å². The molecule has 11 heteroatoms. The predicted molar refractivity (Wildman–Crippen MR) is 150 cm³/mol. The maximum absolute atomic E-state index is 13.2. The van der Waals surface area contributed by atoms with E-state index in [0.29, 0.717) is 50.0 Å². The Hall–Kier alpha value is -2.92. The number of rotatable bonds is 6. The van der Waals surface area contributed by atoms with Gasteiger partial charge in [-0.05, 0) is 31.8 Å². The van der Waals surface area contributed by atoms with Crippen molar-refractivity contribution in [3.63, 3.8) is 0 Å². The van der Waals surface area contributed by atoms with E-state index in [0.717, 1.165) is 45.2 Å². The number of nitrogens with zero attached hydrogens (tertiary/aromatic N) is 4. The van der Waals surface area contributed by atoms with E-state index in [1.165, 1.54) is 0 Å². The van der Waals surface area contributed by atoms with Crippen molar-refractivity contribution in [1.29, 1.82) is 0 Å². The molecule has 3 aliphatic rings. The van der Waals surface area contributed by atoms with Gasteiger partial charge in [0.2, 0.25) is 0 Å². The van der Waals surface area contributed by atoms with E-state index in [-0.39, 0.29) is 18.7 Å². The monoisotopic (exact) mass is 557 g/mol. The molecule has 0 aliphatic carbocycles. The van der Waals surface area contributed by atoms with Gasteiger partial charge in [0.05, 0.1) is 23.7 Å². The summed E-state index contributed by atoms with van der Waals surface area (Å²) in [5.74, 6) is 0.687. The fourth-order valence-corrected chi connectivity index (χ4v) is 6.51. The normalized spacial score (nSPS) is 20.3. The number of hydrogen-bond donors (Lipinski definition) is 1. The molecule has 0 saturated carbocycles. The van der Waals surface area contributed by atoms with Gasteiger partial charge in [0.1, 0.15) is 12.5 Å². The smallest absolute Gasteiger partial charge is 0.321 e. The van der Waals surface area contributed by atoms with Gasteiger partial charge in [-0.15, -0.1) is 11.3 Å². The topological polar surface area (TPSA) is 86.7 Å². The Morgan fingerprint density at radius 2 is 2.08 bits per heavy atom. The first-order chi connectivity index (χ1) is 18.4. The van der Waals surface area contributed by atoms with Crippen LogP contribution in [0.5, 0.6) is 5.75 Å². The summed E-state index contributed by atoms with van der Waals surface area (Å²) in [6.07, 6.45) is 1.91. The molecule has 2 aromatic rings. The van der Waals surface area contributed by atoms with Gasteiger partial charge in [0.15, 0.2) is 6.10 Å². The Morgan fingerprint density at radius 1 is 1.29 bits per heavy atom. The third-order valence-corrected chi connectivity index (χ3v) is 8.38. The molecule has 1 aromatic heterocycles. The lowest BCUT2D eigenvalue weighted by Crippen LogP contribution is -2.50. The zero-order valence-electron chi connectivity index (χ0n) is 21.7. The molecule has 0 spiro atoms. The highest BCUT2D eigenvalue weighted by Gasteiger charge is 2.35. The van der Waals surface area contributed by atoms with Crippen LogP contribution < -0.4 is 10.1 Å². The van der Waals surface area contributed by atoms with Crippen LogP contribution in [0.15, 0.2) is 29.3 Å². The van der Waals surface area contributed by atoms with E-state index in [1.807, 2.05) is 36.1 Å². The number of fused-ring (bicyclic) bond motifs is 1. The number of halogens is 1. The minimum atomic E-state index is -0.569. The number of piperazine rings is 1. The molecule has 2 saturated heterocycles. The molecule has 0 bridgehead atoms. The van der Waals surface area contributed by atoms with E-state index in [1.54, 1.807) is 28.2 Å². The van der Waals surface area contributed by atoms with E-state index in [9.17, 15) is 9.59 Å². The van der Waals surface area contributed by atoms with Gasteiger partial charge in [0, 0.05) is 72.8 Å². The first-order valence-corrected chi connectivity index (χ1v) is 13.9. The summed E-state index contributed by atoms with van der Waals surface area (Å²) in [6.45, 7) is 10.4. The summed E-state index contributed by atoms with van der Waals surface area (Å²) in [6, 6.07) is 5.64. The molecule has 1 N–H and O–H groups in total. The Labute approximate surface area is 231 Å². The Kier molecular flexibility index (Phi) is 8.04. The second kappa shape index (κ2) is 11.4. The van der Waals surface area contributed by atoms with Crippen LogP contribution in [0.1, 0.15) is 27.8 Å². The minimum absolute atomic E-state index is 0.00737. The number of urea groups is 1. The molecule has 0 unspecified atom stereocenters. The second-order valence-corrected chi connectivity index (χ2v) is 11.1. The van der Waals surface area contributed by atoms with Crippen LogP contribution >= 0.6 is 22.9 Å². The standard InChI is InChI=1S/C27H32ClN5O4S/c1-4-20(25-22(29-2)14-19(38-25)15-33-16-36-10-9-31(3)27(33)35)21-13-18(28)11-17-12-23(37-24(17)21)26(34)32-7-5-30-6-8-32/h4,11,13-14,23,30H,2,5-10,12,15-16H2,1,3H3/b20-4-/t23-/m1/s1. The number of amides is 3. The van der Waals surface area contributed by atoms with Gasteiger partial charge < -0.3 is 24.6 Å². The molecule has 3 amide bonds. The second-order valence-electron chi connectivity index (χ2n) is 9.55. The quantitative estimate of drug-likeness (QED) is 0.547. The van der Waals surface area contributed by atoms with Crippen LogP contribution in [-0.4, -0.2) is 92.6 Å². The van der Waals surface area contributed by atoms with Gasteiger partial charge in [-0.1, -0.05) is 17.7 Å². The average molecular weight is 558 g/mol. The van der Waals surface area contributed by atoms with Gasteiger partial charge in [-0.3, -0.25) is 14.7 Å². The van der Waals surface area contributed by atoms with Crippen molar-refractivity contribution in [3.05, 3.63) is 50.2 Å². The van der Waals surface area contributed by atoms with Crippen LogP contribution in [0, 0.1) is 0 Å². The van der Waals surface area contributed by atoms with E-state index < -0.39 is 6.10 Å².